The van der Waals surface area contributed by atoms with E-state index in [-0.39, 0.29) is 11.9 Å². The van der Waals surface area contributed by atoms with Crippen molar-refractivity contribution >= 4 is 5.91 Å². The Labute approximate surface area is 137 Å². The van der Waals surface area contributed by atoms with Gasteiger partial charge in [-0.3, -0.25) is 4.79 Å². The van der Waals surface area contributed by atoms with Crippen molar-refractivity contribution in [2.24, 2.45) is 0 Å². The highest BCUT2D eigenvalue weighted by atomic mass is 16.3. The van der Waals surface area contributed by atoms with Crippen molar-refractivity contribution in [3.8, 4) is 11.1 Å². The molecule has 0 saturated carbocycles. The van der Waals surface area contributed by atoms with Gasteiger partial charge in [0.25, 0.3) is 5.91 Å². The SMILES string of the molecule is CC(C)(O)C1CCCN1C(=O)c1ccc(-c2ccccc2)cc1. The highest BCUT2D eigenvalue weighted by molar-refractivity contribution is 5.95. The fraction of sp³-hybridized carbons (Fsp3) is 0.350. The molecule has 0 spiro atoms. The molecule has 1 aliphatic heterocycles. The van der Waals surface area contributed by atoms with Gasteiger partial charge in [-0.15, -0.1) is 0 Å². The molecule has 3 heteroatoms. The molecule has 120 valence electrons. The van der Waals surface area contributed by atoms with Crippen LogP contribution in [0.1, 0.15) is 37.0 Å². The monoisotopic (exact) mass is 309 g/mol. The number of amides is 1. The largest absolute Gasteiger partial charge is 0.388 e. The Morgan fingerprint density at radius 2 is 1.65 bits per heavy atom. The van der Waals surface area contributed by atoms with Gasteiger partial charge in [-0.1, -0.05) is 42.5 Å². The third-order valence-corrected chi connectivity index (χ3v) is 4.57. The topological polar surface area (TPSA) is 40.5 Å². The summed E-state index contributed by atoms with van der Waals surface area (Å²) >= 11 is 0. The van der Waals surface area contributed by atoms with Crippen molar-refractivity contribution in [2.75, 3.05) is 6.54 Å². The first kappa shape index (κ1) is 15.8. The number of benzene rings is 2. The maximum atomic E-state index is 12.8. The van der Waals surface area contributed by atoms with E-state index in [2.05, 4.69) is 12.1 Å². The molecule has 1 amide bonds. The van der Waals surface area contributed by atoms with Crippen molar-refractivity contribution in [2.45, 2.75) is 38.3 Å². The molecule has 0 aromatic heterocycles. The molecule has 1 N–H and O–H groups in total. The van der Waals surface area contributed by atoms with E-state index in [1.54, 1.807) is 13.8 Å². The van der Waals surface area contributed by atoms with E-state index in [1.807, 2.05) is 47.4 Å². The highest BCUT2D eigenvalue weighted by Gasteiger charge is 2.38. The number of hydrogen-bond donors (Lipinski definition) is 1. The summed E-state index contributed by atoms with van der Waals surface area (Å²) in [6.07, 6.45) is 1.81. The third-order valence-electron chi connectivity index (χ3n) is 4.57. The van der Waals surface area contributed by atoms with Crippen LogP contribution in [0.2, 0.25) is 0 Å². The lowest BCUT2D eigenvalue weighted by Crippen LogP contribution is -2.48. The summed E-state index contributed by atoms with van der Waals surface area (Å²) in [5.74, 6) is 0.00855. The fourth-order valence-electron chi connectivity index (χ4n) is 3.35. The first-order chi connectivity index (χ1) is 11.0. The minimum Gasteiger partial charge on any atom is -0.388 e. The average Bonchev–Trinajstić information content (AvgIpc) is 3.05. The third kappa shape index (κ3) is 3.30. The minimum atomic E-state index is -0.865. The Morgan fingerprint density at radius 1 is 1.04 bits per heavy atom. The van der Waals surface area contributed by atoms with Gasteiger partial charge < -0.3 is 10.0 Å². The summed E-state index contributed by atoms with van der Waals surface area (Å²) in [5.41, 5.74) is 2.06. The van der Waals surface area contributed by atoms with Gasteiger partial charge in [-0.05, 0) is 49.9 Å². The average molecular weight is 309 g/mol. The number of likely N-dealkylation sites (tertiary alicyclic amines) is 1. The van der Waals surface area contributed by atoms with Crippen molar-refractivity contribution in [3.05, 3.63) is 60.2 Å². The van der Waals surface area contributed by atoms with Crippen LogP contribution >= 0.6 is 0 Å². The first-order valence-corrected chi connectivity index (χ1v) is 8.15. The molecule has 0 radical (unpaired) electrons. The summed E-state index contributed by atoms with van der Waals surface area (Å²) in [5, 5.41) is 10.3. The van der Waals surface area contributed by atoms with Crippen LogP contribution in [0.3, 0.4) is 0 Å². The molecular weight excluding hydrogens is 286 g/mol. The van der Waals surface area contributed by atoms with Gasteiger partial charge in [-0.2, -0.15) is 0 Å². The summed E-state index contributed by atoms with van der Waals surface area (Å²) in [7, 11) is 0. The van der Waals surface area contributed by atoms with E-state index < -0.39 is 5.60 Å². The zero-order valence-electron chi connectivity index (χ0n) is 13.7. The number of carbonyl (C=O) groups excluding carboxylic acids is 1. The van der Waals surface area contributed by atoms with Crippen molar-refractivity contribution in [1.82, 2.24) is 4.90 Å². The zero-order chi connectivity index (χ0) is 16.4. The predicted molar refractivity (Wildman–Crippen MR) is 92.2 cm³/mol. The van der Waals surface area contributed by atoms with Gasteiger partial charge in [0, 0.05) is 12.1 Å². The Kier molecular flexibility index (Phi) is 4.22. The van der Waals surface area contributed by atoms with E-state index in [0.29, 0.717) is 12.1 Å². The lowest BCUT2D eigenvalue weighted by atomic mass is 9.96. The maximum absolute atomic E-state index is 12.8. The quantitative estimate of drug-likeness (QED) is 0.938. The van der Waals surface area contributed by atoms with E-state index in [4.69, 9.17) is 0 Å². The molecule has 3 rings (SSSR count). The van der Waals surface area contributed by atoms with Crippen molar-refractivity contribution < 1.29 is 9.90 Å². The fourth-order valence-corrected chi connectivity index (χ4v) is 3.35. The molecule has 0 aliphatic carbocycles. The second kappa shape index (κ2) is 6.17. The predicted octanol–water partition coefficient (Wildman–Crippen LogP) is 3.73. The Hall–Kier alpha value is -2.13. The molecule has 2 aromatic rings. The van der Waals surface area contributed by atoms with Gasteiger partial charge in [0.1, 0.15) is 0 Å². The van der Waals surface area contributed by atoms with Crippen molar-refractivity contribution in [3.63, 3.8) is 0 Å². The molecule has 23 heavy (non-hydrogen) atoms. The van der Waals surface area contributed by atoms with Crippen molar-refractivity contribution in [1.29, 1.82) is 0 Å². The van der Waals surface area contributed by atoms with Crippen LogP contribution in [-0.2, 0) is 0 Å². The molecular formula is C20H23NO2. The van der Waals surface area contributed by atoms with Crippen LogP contribution < -0.4 is 0 Å². The number of rotatable bonds is 3. The molecule has 1 atom stereocenters. The first-order valence-electron chi connectivity index (χ1n) is 8.15. The summed E-state index contributed by atoms with van der Waals surface area (Å²) in [4.78, 5) is 14.6. The van der Waals surface area contributed by atoms with E-state index in [0.717, 1.165) is 24.0 Å². The smallest absolute Gasteiger partial charge is 0.254 e. The molecule has 1 unspecified atom stereocenters. The second-order valence-corrected chi connectivity index (χ2v) is 6.75. The maximum Gasteiger partial charge on any atom is 0.254 e. The number of hydrogen-bond acceptors (Lipinski definition) is 2. The zero-order valence-corrected chi connectivity index (χ0v) is 13.7. The lowest BCUT2D eigenvalue weighted by Gasteiger charge is -2.33. The van der Waals surface area contributed by atoms with E-state index >= 15 is 0 Å². The van der Waals surface area contributed by atoms with Crippen LogP contribution in [0.4, 0.5) is 0 Å². The Bertz CT molecular complexity index is 671. The summed E-state index contributed by atoms with van der Waals surface area (Å²) < 4.78 is 0. The number of nitrogens with zero attached hydrogens (tertiary/aromatic N) is 1. The molecule has 1 heterocycles. The molecule has 1 saturated heterocycles. The van der Waals surface area contributed by atoms with Crippen LogP contribution in [0, 0.1) is 0 Å². The molecule has 1 aliphatic rings. The van der Waals surface area contributed by atoms with Crippen LogP contribution in [-0.4, -0.2) is 34.1 Å². The Morgan fingerprint density at radius 3 is 2.26 bits per heavy atom. The molecule has 3 nitrogen and oxygen atoms in total. The molecule has 0 bridgehead atoms. The van der Waals surface area contributed by atoms with Crippen LogP contribution in [0.5, 0.6) is 0 Å². The second-order valence-electron chi connectivity index (χ2n) is 6.75. The highest BCUT2D eigenvalue weighted by Crippen LogP contribution is 2.28. The van der Waals surface area contributed by atoms with Gasteiger partial charge in [0.15, 0.2) is 0 Å². The van der Waals surface area contributed by atoms with Crippen LogP contribution in [0.25, 0.3) is 11.1 Å². The summed E-state index contributed by atoms with van der Waals surface area (Å²) in [6, 6.07) is 17.7. The van der Waals surface area contributed by atoms with Gasteiger partial charge >= 0.3 is 0 Å². The van der Waals surface area contributed by atoms with Gasteiger partial charge in [0.2, 0.25) is 0 Å². The number of aliphatic hydroxyl groups is 1. The molecule has 2 aromatic carbocycles. The number of carbonyl (C=O) groups is 1. The Balaban J connectivity index is 1.81. The van der Waals surface area contributed by atoms with Gasteiger partial charge in [-0.25, -0.2) is 0 Å². The van der Waals surface area contributed by atoms with Gasteiger partial charge in [0.05, 0.1) is 11.6 Å². The lowest BCUT2D eigenvalue weighted by molar-refractivity contribution is 0.000337. The van der Waals surface area contributed by atoms with E-state index in [9.17, 15) is 9.90 Å². The van der Waals surface area contributed by atoms with Crippen LogP contribution in [0.15, 0.2) is 54.6 Å². The molecule has 1 fully saturated rings. The minimum absolute atomic E-state index is 0.00855. The standard InChI is InChI=1S/C20H23NO2/c1-20(2,23)18-9-6-14-21(18)19(22)17-12-10-16(11-13-17)15-7-4-3-5-8-15/h3-5,7-8,10-13,18,23H,6,9,14H2,1-2H3. The van der Waals surface area contributed by atoms with E-state index in [1.165, 1.54) is 0 Å². The normalized spacial score (nSPS) is 18.2. The summed E-state index contributed by atoms with van der Waals surface area (Å²) in [6.45, 7) is 4.28.